The predicted molar refractivity (Wildman–Crippen MR) is 97.5 cm³/mol. The van der Waals surface area contributed by atoms with Gasteiger partial charge in [0.15, 0.2) is 0 Å². The van der Waals surface area contributed by atoms with E-state index in [4.69, 9.17) is 16.6 Å². The predicted octanol–water partition coefficient (Wildman–Crippen LogP) is 1.76. The van der Waals surface area contributed by atoms with Crippen molar-refractivity contribution in [3.63, 3.8) is 0 Å². The Labute approximate surface area is 147 Å². The largest absolute Gasteiger partial charge is 0.383 e. The Morgan fingerprint density at radius 2 is 2.04 bits per heavy atom. The number of nitrogens with zero attached hydrogens (tertiary/aromatic N) is 2. The number of piperidine rings is 1. The van der Waals surface area contributed by atoms with E-state index in [-0.39, 0.29) is 12.0 Å². The normalized spacial score (nSPS) is 23.2. The number of primary amides is 1. The number of aryl methyl sites for hydroxylation is 1. The summed E-state index contributed by atoms with van der Waals surface area (Å²) in [6.45, 7) is 1.85. The topological polar surface area (TPSA) is 99.0 Å². The van der Waals surface area contributed by atoms with Crippen LogP contribution in [0.15, 0.2) is 24.3 Å². The van der Waals surface area contributed by atoms with Crippen LogP contribution in [0.25, 0.3) is 0 Å². The Balaban J connectivity index is 1.70. The van der Waals surface area contributed by atoms with E-state index in [9.17, 15) is 4.79 Å². The van der Waals surface area contributed by atoms with E-state index in [0.29, 0.717) is 11.4 Å². The molecule has 25 heavy (non-hydrogen) atoms. The maximum Gasteiger partial charge on any atom is 0.254 e. The number of benzene rings is 1. The number of hydrogen-bond donors (Lipinski definition) is 3. The molecular weight excluding hydrogens is 314 g/mol. The summed E-state index contributed by atoms with van der Waals surface area (Å²) in [6.07, 6.45) is 4.95. The van der Waals surface area contributed by atoms with E-state index in [1.807, 2.05) is 4.68 Å². The van der Waals surface area contributed by atoms with Crippen LogP contribution in [0.3, 0.4) is 0 Å². The second kappa shape index (κ2) is 6.52. The van der Waals surface area contributed by atoms with Crippen LogP contribution >= 0.6 is 0 Å². The number of nitrogens with two attached hydrogens (primary N) is 2. The van der Waals surface area contributed by atoms with Gasteiger partial charge in [0.25, 0.3) is 5.91 Å². The molecule has 6 heteroatoms. The number of nitrogen functional groups attached to an aromatic ring is 1. The molecule has 5 N–H and O–H groups in total. The van der Waals surface area contributed by atoms with Crippen molar-refractivity contribution < 1.29 is 4.79 Å². The maximum absolute atomic E-state index is 12.1. The Hall–Kier alpha value is -2.34. The van der Waals surface area contributed by atoms with Crippen molar-refractivity contribution in [1.82, 2.24) is 15.1 Å². The summed E-state index contributed by atoms with van der Waals surface area (Å²) in [7, 11) is 0. The lowest BCUT2D eigenvalue weighted by atomic mass is 9.81. The smallest absolute Gasteiger partial charge is 0.254 e. The molecule has 0 spiro atoms. The van der Waals surface area contributed by atoms with Crippen LogP contribution < -0.4 is 16.8 Å². The molecule has 2 atom stereocenters. The number of rotatable bonds is 3. The fourth-order valence-corrected chi connectivity index (χ4v) is 4.26. The van der Waals surface area contributed by atoms with E-state index in [1.54, 1.807) is 0 Å². The second-order valence-corrected chi connectivity index (χ2v) is 7.16. The van der Waals surface area contributed by atoms with Crippen LogP contribution in [-0.4, -0.2) is 28.8 Å². The zero-order chi connectivity index (χ0) is 17.4. The van der Waals surface area contributed by atoms with Gasteiger partial charge in [-0.2, -0.15) is 5.10 Å². The summed E-state index contributed by atoms with van der Waals surface area (Å²) in [5.74, 6) is 0.147. The number of amides is 1. The van der Waals surface area contributed by atoms with Gasteiger partial charge in [-0.15, -0.1) is 0 Å². The van der Waals surface area contributed by atoms with Gasteiger partial charge in [-0.3, -0.25) is 4.79 Å². The number of fused-ring (bicyclic) bond motifs is 1. The fraction of sp³-hybridized carbons (Fsp3) is 0.474. The fourth-order valence-electron chi connectivity index (χ4n) is 4.26. The average molecular weight is 339 g/mol. The highest BCUT2D eigenvalue weighted by Gasteiger charge is 2.31. The molecule has 6 nitrogen and oxygen atoms in total. The van der Waals surface area contributed by atoms with Gasteiger partial charge in [0, 0.05) is 12.5 Å². The third-order valence-corrected chi connectivity index (χ3v) is 5.57. The van der Waals surface area contributed by atoms with Gasteiger partial charge in [-0.25, -0.2) is 4.68 Å². The average Bonchev–Trinajstić information content (AvgIpc) is 2.99. The summed E-state index contributed by atoms with van der Waals surface area (Å²) < 4.78 is 1.84. The number of carbonyl (C=O) groups excluding carboxylic acids is 1. The van der Waals surface area contributed by atoms with Crippen molar-refractivity contribution in [2.75, 3.05) is 18.8 Å². The standard InChI is InChI=1S/C19H25N5O/c20-18-16(19(21)25)17(23-24(18)15-6-3-9-22-11-15)14-8-7-12-4-1-2-5-13(12)10-14/h1-2,4-5,14-15,22H,3,6-11,20H2,(H2,21,25)/t14?,15-/m1/s1. The van der Waals surface area contributed by atoms with Crippen molar-refractivity contribution in [2.24, 2.45) is 5.73 Å². The van der Waals surface area contributed by atoms with Gasteiger partial charge in [0.1, 0.15) is 11.4 Å². The molecule has 2 aliphatic rings. The Kier molecular flexibility index (Phi) is 4.21. The highest BCUT2D eigenvalue weighted by atomic mass is 16.1. The molecule has 1 fully saturated rings. The molecule has 1 aromatic heterocycles. The van der Waals surface area contributed by atoms with Crippen molar-refractivity contribution in [3.05, 3.63) is 46.6 Å². The van der Waals surface area contributed by atoms with Gasteiger partial charge in [0.05, 0.1) is 11.7 Å². The number of hydrogen-bond acceptors (Lipinski definition) is 4. The first kappa shape index (κ1) is 16.1. The molecule has 1 aliphatic heterocycles. The zero-order valence-electron chi connectivity index (χ0n) is 14.4. The van der Waals surface area contributed by atoms with Crippen molar-refractivity contribution in [1.29, 1.82) is 0 Å². The van der Waals surface area contributed by atoms with Crippen LogP contribution in [0.5, 0.6) is 0 Å². The van der Waals surface area contributed by atoms with Crippen molar-refractivity contribution >= 4 is 11.7 Å². The molecule has 1 amide bonds. The first-order valence-corrected chi connectivity index (χ1v) is 9.10. The Bertz CT molecular complexity index is 791. The first-order valence-electron chi connectivity index (χ1n) is 9.10. The molecule has 1 aromatic carbocycles. The Morgan fingerprint density at radius 1 is 1.24 bits per heavy atom. The van der Waals surface area contributed by atoms with Crippen molar-refractivity contribution in [2.45, 2.75) is 44.1 Å². The monoisotopic (exact) mass is 339 g/mol. The maximum atomic E-state index is 12.1. The lowest BCUT2D eigenvalue weighted by Gasteiger charge is -2.25. The SMILES string of the molecule is NC(=O)c1c(C2CCc3ccccc3C2)nn([C@@H]2CCCNC2)c1N. The minimum Gasteiger partial charge on any atom is -0.383 e. The molecule has 0 radical (unpaired) electrons. The quantitative estimate of drug-likeness (QED) is 0.793. The minimum atomic E-state index is -0.471. The van der Waals surface area contributed by atoms with Gasteiger partial charge in [-0.05, 0) is 49.8 Å². The lowest BCUT2D eigenvalue weighted by molar-refractivity contribution is 0.0999. The van der Waals surface area contributed by atoms with E-state index in [0.717, 1.165) is 50.9 Å². The van der Waals surface area contributed by atoms with E-state index < -0.39 is 5.91 Å². The summed E-state index contributed by atoms with van der Waals surface area (Å²) in [4.78, 5) is 12.1. The number of anilines is 1. The molecule has 2 heterocycles. The van der Waals surface area contributed by atoms with Gasteiger partial charge in [-0.1, -0.05) is 24.3 Å². The van der Waals surface area contributed by atoms with Crippen LogP contribution in [0.4, 0.5) is 5.82 Å². The van der Waals surface area contributed by atoms with Gasteiger partial charge in [0.2, 0.25) is 0 Å². The first-order chi connectivity index (χ1) is 12.1. The van der Waals surface area contributed by atoms with Gasteiger partial charge >= 0.3 is 0 Å². The van der Waals surface area contributed by atoms with Crippen LogP contribution in [0, 0.1) is 0 Å². The lowest BCUT2D eigenvalue weighted by Crippen LogP contribution is -2.32. The van der Waals surface area contributed by atoms with Crippen molar-refractivity contribution in [3.8, 4) is 0 Å². The van der Waals surface area contributed by atoms with Crippen LogP contribution in [0.1, 0.15) is 58.4 Å². The molecule has 132 valence electrons. The molecular formula is C19H25N5O. The highest BCUT2D eigenvalue weighted by Crippen LogP contribution is 2.36. The summed E-state index contributed by atoms with van der Waals surface area (Å²) in [6, 6.07) is 8.68. The summed E-state index contributed by atoms with van der Waals surface area (Å²) in [5.41, 5.74) is 15.9. The van der Waals surface area contributed by atoms with E-state index in [1.165, 1.54) is 11.1 Å². The molecule has 0 bridgehead atoms. The summed E-state index contributed by atoms with van der Waals surface area (Å²) in [5, 5.41) is 8.18. The second-order valence-electron chi connectivity index (χ2n) is 7.16. The van der Waals surface area contributed by atoms with Gasteiger partial charge < -0.3 is 16.8 Å². The molecule has 0 saturated carbocycles. The number of aromatic nitrogens is 2. The van der Waals surface area contributed by atoms with E-state index >= 15 is 0 Å². The molecule has 1 aliphatic carbocycles. The number of carbonyl (C=O) groups is 1. The summed E-state index contributed by atoms with van der Waals surface area (Å²) >= 11 is 0. The molecule has 4 rings (SSSR count). The molecule has 1 saturated heterocycles. The molecule has 1 unspecified atom stereocenters. The van der Waals surface area contributed by atoms with Crippen LogP contribution in [0.2, 0.25) is 0 Å². The minimum absolute atomic E-state index is 0.191. The van der Waals surface area contributed by atoms with Crippen LogP contribution in [-0.2, 0) is 12.8 Å². The zero-order valence-corrected chi connectivity index (χ0v) is 14.4. The van der Waals surface area contributed by atoms with E-state index in [2.05, 4.69) is 29.6 Å². The molecule has 2 aromatic rings. The highest BCUT2D eigenvalue weighted by molar-refractivity contribution is 5.98. The Morgan fingerprint density at radius 3 is 2.76 bits per heavy atom. The third-order valence-electron chi connectivity index (χ3n) is 5.57. The number of nitrogens with one attached hydrogen (secondary N) is 1. The third kappa shape index (κ3) is 2.91.